The average molecular weight is 322 g/mol. The lowest BCUT2D eigenvalue weighted by molar-refractivity contribution is -0.132. The summed E-state index contributed by atoms with van der Waals surface area (Å²) in [5.41, 5.74) is 0.973. The molecule has 0 saturated carbocycles. The molecular formula is C17H23FN2O3. The second kappa shape index (κ2) is 8.62. The monoisotopic (exact) mass is 322 g/mol. The summed E-state index contributed by atoms with van der Waals surface area (Å²) in [6.07, 6.45) is 1.97. The molecule has 1 aromatic carbocycles. The van der Waals surface area contributed by atoms with E-state index in [1.165, 1.54) is 19.1 Å². The first-order chi connectivity index (χ1) is 11.1. The van der Waals surface area contributed by atoms with Crippen molar-refractivity contribution in [3.8, 4) is 0 Å². The molecule has 126 valence electrons. The van der Waals surface area contributed by atoms with Crippen molar-refractivity contribution in [1.82, 2.24) is 10.2 Å². The van der Waals surface area contributed by atoms with Crippen LogP contribution in [-0.4, -0.2) is 49.1 Å². The first-order valence-corrected chi connectivity index (χ1v) is 7.95. The van der Waals surface area contributed by atoms with Crippen LogP contribution in [0.3, 0.4) is 0 Å². The van der Waals surface area contributed by atoms with E-state index >= 15 is 0 Å². The Morgan fingerprint density at radius 2 is 2.04 bits per heavy atom. The molecule has 0 aliphatic carbocycles. The Morgan fingerprint density at radius 3 is 2.65 bits per heavy atom. The van der Waals surface area contributed by atoms with E-state index < -0.39 is 0 Å². The number of benzene rings is 1. The van der Waals surface area contributed by atoms with Crippen LogP contribution in [0, 0.1) is 5.82 Å². The van der Waals surface area contributed by atoms with Crippen molar-refractivity contribution >= 4 is 11.8 Å². The molecule has 2 rings (SSSR count). The highest BCUT2D eigenvalue weighted by Crippen LogP contribution is 2.11. The summed E-state index contributed by atoms with van der Waals surface area (Å²) in [5, 5.41) is 2.81. The molecule has 0 radical (unpaired) electrons. The van der Waals surface area contributed by atoms with Crippen molar-refractivity contribution in [2.45, 2.75) is 32.3 Å². The zero-order chi connectivity index (χ0) is 16.7. The molecular weight excluding hydrogens is 299 g/mol. The van der Waals surface area contributed by atoms with Crippen LogP contribution >= 0.6 is 0 Å². The predicted octanol–water partition coefficient (Wildman–Crippen LogP) is 1.51. The van der Waals surface area contributed by atoms with Gasteiger partial charge < -0.3 is 15.0 Å². The molecule has 0 bridgehead atoms. The summed E-state index contributed by atoms with van der Waals surface area (Å²) >= 11 is 0. The van der Waals surface area contributed by atoms with Crippen LogP contribution < -0.4 is 5.32 Å². The van der Waals surface area contributed by atoms with Gasteiger partial charge in [-0.3, -0.25) is 9.59 Å². The van der Waals surface area contributed by atoms with Crippen molar-refractivity contribution in [1.29, 1.82) is 0 Å². The van der Waals surface area contributed by atoms with Crippen molar-refractivity contribution in [2.24, 2.45) is 0 Å². The molecule has 2 amide bonds. The molecule has 5 nitrogen and oxygen atoms in total. The third-order valence-electron chi connectivity index (χ3n) is 3.93. The second-order valence-corrected chi connectivity index (χ2v) is 5.68. The maximum Gasteiger partial charge on any atom is 0.249 e. The number of carbonyl (C=O) groups is 2. The van der Waals surface area contributed by atoms with Gasteiger partial charge in [-0.2, -0.15) is 0 Å². The Balaban J connectivity index is 1.73. The molecule has 6 heteroatoms. The number of nitrogens with zero attached hydrogens (tertiary/aromatic N) is 1. The highest BCUT2D eigenvalue weighted by atomic mass is 19.1. The molecule has 1 aliphatic rings. The molecule has 1 atom stereocenters. The Hall–Kier alpha value is -1.95. The van der Waals surface area contributed by atoms with Crippen LogP contribution in [0.2, 0.25) is 0 Å². The molecule has 23 heavy (non-hydrogen) atoms. The van der Waals surface area contributed by atoms with Crippen LogP contribution in [0.15, 0.2) is 24.3 Å². The van der Waals surface area contributed by atoms with E-state index in [1.54, 1.807) is 17.0 Å². The van der Waals surface area contributed by atoms with E-state index in [0.29, 0.717) is 32.7 Å². The fourth-order valence-corrected chi connectivity index (χ4v) is 2.55. The minimum atomic E-state index is -0.347. The van der Waals surface area contributed by atoms with E-state index in [1.807, 2.05) is 0 Å². The quantitative estimate of drug-likeness (QED) is 0.828. The Labute approximate surface area is 135 Å². The summed E-state index contributed by atoms with van der Waals surface area (Å²) < 4.78 is 18.2. The first kappa shape index (κ1) is 17.4. The van der Waals surface area contributed by atoms with Gasteiger partial charge in [-0.05, 0) is 37.0 Å². The highest BCUT2D eigenvalue weighted by molar-refractivity contribution is 5.81. The van der Waals surface area contributed by atoms with Crippen molar-refractivity contribution < 1.29 is 18.7 Å². The van der Waals surface area contributed by atoms with Crippen molar-refractivity contribution in [3.05, 3.63) is 35.6 Å². The summed E-state index contributed by atoms with van der Waals surface area (Å²) in [7, 11) is 0. The number of halogens is 1. The van der Waals surface area contributed by atoms with Gasteiger partial charge in [0.25, 0.3) is 0 Å². The molecule has 1 saturated heterocycles. The molecule has 1 fully saturated rings. The molecule has 1 aromatic rings. The highest BCUT2D eigenvalue weighted by Gasteiger charge is 2.23. The summed E-state index contributed by atoms with van der Waals surface area (Å²) in [5.74, 6) is -0.419. The summed E-state index contributed by atoms with van der Waals surface area (Å²) in [4.78, 5) is 25.2. The minimum absolute atomic E-state index is 0.0431. The molecule has 1 aliphatic heterocycles. The molecule has 1 unspecified atom stereocenters. The largest absolute Gasteiger partial charge is 0.368 e. The summed E-state index contributed by atoms with van der Waals surface area (Å²) in [6.45, 7) is 3.54. The zero-order valence-electron chi connectivity index (χ0n) is 13.4. The average Bonchev–Trinajstić information content (AvgIpc) is 3.06. The van der Waals surface area contributed by atoms with Crippen LogP contribution in [0.4, 0.5) is 4.39 Å². The van der Waals surface area contributed by atoms with Gasteiger partial charge in [0.05, 0.1) is 0 Å². The first-order valence-electron chi connectivity index (χ1n) is 7.95. The van der Waals surface area contributed by atoms with Crippen molar-refractivity contribution in [2.75, 3.05) is 26.2 Å². The fourth-order valence-electron chi connectivity index (χ4n) is 2.55. The van der Waals surface area contributed by atoms with Crippen LogP contribution in [-0.2, 0) is 20.7 Å². The van der Waals surface area contributed by atoms with E-state index in [4.69, 9.17) is 4.74 Å². The number of hydrogen-bond acceptors (Lipinski definition) is 3. The maximum absolute atomic E-state index is 12.9. The van der Waals surface area contributed by atoms with Gasteiger partial charge in [0, 0.05) is 33.2 Å². The van der Waals surface area contributed by atoms with E-state index in [-0.39, 0.29) is 23.7 Å². The van der Waals surface area contributed by atoms with E-state index in [9.17, 15) is 14.0 Å². The van der Waals surface area contributed by atoms with Gasteiger partial charge in [-0.15, -0.1) is 0 Å². The van der Waals surface area contributed by atoms with Gasteiger partial charge >= 0.3 is 0 Å². The van der Waals surface area contributed by atoms with Crippen LogP contribution in [0.5, 0.6) is 0 Å². The van der Waals surface area contributed by atoms with Gasteiger partial charge in [-0.25, -0.2) is 4.39 Å². The number of ether oxygens (including phenoxy) is 1. The lowest BCUT2D eigenvalue weighted by Gasteiger charge is -2.21. The minimum Gasteiger partial charge on any atom is -0.368 e. The van der Waals surface area contributed by atoms with Gasteiger partial charge in [0.15, 0.2) is 0 Å². The van der Waals surface area contributed by atoms with Crippen LogP contribution in [0.1, 0.15) is 25.3 Å². The third kappa shape index (κ3) is 5.63. The fraction of sp³-hybridized carbons (Fsp3) is 0.529. The number of hydrogen-bond donors (Lipinski definition) is 1. The summed E-state index contributed by atoms with van der Waals surface area (Å²) in [6, 6.07) is 6.25. The smallest absolute Gasteiger partial charge is 0.249 e. The molecule has 0 spiro atoms. The van der Waals surface area contributed by atoms with Crippen LogP contribution in [0.25, 0.3) is 0 Å². The second-order valence-electron chi connectivity index (χ2n) is 5.68. The maximum atomic E-state index is 12.9. The molecule has 1 N–H and O–H groups in total. The lowest BCUT2D eigenvalue weighted by Crippen LogP contribution is -2.41. The van der Waals surface area contributed by atoms with Gasteiger partial charge in [0.2, 0.25) is 11.8 Å². The number of carbonyl (C=O) groups excluding carboxylic acids is 2. The zero-order valence-corrected chi connectivity index (χ0v) is 13.4. The Morgan fingerprint density at radius 1 is 1.30 bits per heavy atom. The number of nitrogens with one attached hydrogen (secondary N) is 1. The lowest BCUT2D eigenvalue weighted by atomic mass is 10.1. The van der Waals surface area contributed by atoms with E-state index in [2.05, 4.69) is 5.32 Å². The normalized spacial score (nSPS) is 17.0. The number of amides is 2. The molecule has 0 aromatic heterocycles. The van der Waals surface area contributed by atoms with E-state index in [0.717, 1.165) is 18.4 Å². The molecule has 1 heterocycles. The Kier molecular flexibility index (Phi) is 6.52. The van der Waals surface area contributed by atoms with Crippen molar-refractivity contribution in [3.63, 3.8) is 0 Å². The van der Waals surface area contributed by atoms with Gasteiger partial charge in [0.1, 0.15) is 11.9 Å². The SMILES string of the molecule is CC(=O)N(CCNC(=O)C1CCCO1)CCc1ccc(F)cc1. The Bertz CT molecular complexity index is 527. The topological polar surface area (TPSA) is 58.6 Å². The predicted molar refractivity (Wildman–Crippen MR) is 84.3 cm³/mol. The van der Waals surface area contributed by atoms with Gasteiger partial charge in [-0.1, -0.05) is 12.1 Å². The third-order valence-corrected chi connectivity index (χ3v) is 3.93. The standard InChI is InChI=1S/C17H23FN2O3/c1-13(21)20(10-8-14-4-6-15(18)7-5-14)11-9-19-17(22)16-3-2-12-23-16/h4-7,16H,2-3,8-12H2,1H3,(H,19,22). The number of rotatable bonds is 7.